The molecule has 0 atom stereocenters. The van der Waals surface area contributed by atoms with E-state index in [1.165, 1.54) is 45.2 Å². The third-order valence-corrected chi connectivity index (χ3v) is 6.60. The number of hydrogen-bond acceptors (Lipinski definition) is 4. The van der Waals surface area contributed by atoms with E-state index in [0.29, 0.717) is 5.41 Å². The van der Waals surface area contributed by atoms with E-state index in [0.717, 1.165) is 44.4 Å². The van der Waals surface area contributed by atoms with E-state index in [1.54, 1.807) is 0 Å². The quantitative estimate of drug-likeness (QED) is 0.714. The fourth-order valence-electron chi connectivity index (χ4n) is 5.04. The summed E-state index contributed by atoms with van der Waals surface area (Å²) in [5, 5.41) is 3.32. The van der Waals surface area contributed by atoms with Gasteiger partial charge in [0, 0.05) is 39.3 Å². The van der Waals surface area contributed by atoms with Gasteiger partial charge in [-0.05, 0) is 64.3 Å². The number of piperidine rings is 1. The lowest BCUT2D eigenvalue weighted by molar-refractivity contribution is -0.00940. The number of carbonyl (C=O) groups excluding carboxylic acids is 1. The third-order valence-electron chi connectivity index (χ3n) is 6.60. The predicted molar refractivity (Wildman–Crippen MR) is 105 cm³/mol. The summed E-state index contributed by atoms with van der Waals surface area (Å²) in [6, 6.07) is 0. The summed E-state index contributed by atoms with van der Waals surface area (Å²) in [7, 11) is 2.24. The van der Waals surface area contributed by atoms with Gasteiger partial charge in [0.1, 0.15) is 5.60 Å². The standard InChI is InChI=1S/C12H22N2O2.C9H17N/c1-11(2,3)16-10(15)14-6-4-12(5-7-14)8-13-9-12;1-10-7-9(8-10)5-3-2-4-6-9/h13H,4-9H2,1-3H3;2-8H2,1H3. The summed E-state index contributed by atoms with van der Waals surface area (Å²) >= 11 is 0. The Balaban J connectivity index is 0.000000167. The molecule has 0 aromatic heterocycles. The van der Waals surface area contributed by atoms with Gasteiger partial charge in [0.05, 0.1) is 0 Å². The molecule has 3 aliphatic heterocycles. The summed E-state index contributed by atoms with van der Waals surface area (Å²) in [5.41, 5.74) is 0.899. The maximum absolute atomic E-state index is 11.8. The molecule has 0 unspecified atom stereocenters. The topological polar surface area (TPSA) is 44.8 Å². The van der Waals surface area contributed by atoms with Crippen molar-refractivity contribution in [1.82, 2.24) is 15.1 Å². The zero-order valence-electron chi connectivity index (χ0n) is 17.4. The van der Waals surface area contributed by atoms with Crippen molar-refractivity contribution in [2.24, 2.45) is 10.8 Å². The summed E-state index contributed by atoms with van der Waals surface area (Å²) in [6.07, 6.45) is 9.56. The van der Waals surface area contributed by atoms with Crippen LogP contribution in [0.25, 0.3) is 0 Å². The highest BCUT2D eigenvalue weighted by molar-refractivity contribution is 5.68. The number of hydrogen-bond donors (Lipinski definition) is 1. The van der Waals surface area contributed by atoms with Crippen LogP contribution < -0.4 is 5.32 Å². The summed E-state index contributed by atoms with van der Waals surface area (Å²) in [5.74, 6) is 0. The van der Waals surface area contributed by atoms with E-state index in [4.69, 9.17) is 4.74 Å². The van der Waals surface area contributed by atoms with Crippen molar-refractivity contribution < 1.29 is 9.53 Å². The molecular weight excluding hydrogens is 326 g/mol. The van der Waals surface area contributed by atoms with Gasteiger partial charge in [-0.3, -0.25) is 0 Å². The highest BCUT2D eigenvalue weighted by Crippen LogP contribution is 2.42. The van der Waals surface area contributed by atoms with E-state index in [9.17, 15) is 4.79 Å². The molecule has 1 amide bonds. The second-order valence-corrected chi connectivity index (χ2v) is 10.3. The van der Waals surface area contributed by atoms with Crippen LogP contribution in [0, 0.1) is 10.8 Å². The van der Waals surface area contributed by atoms with E-state index < -0.39 is 0 Å². The molecule has 3 saturated heterocycles. The minimum Gasteiger partial charge on any atom is -0.444 e. The molecular formula is C21H39N3O2. The van der Waals surface area contributed by atoms with Crippen LogP contribution in [0.3, 0.4) is 0 Å². The largest absolute Gasteiger partial charge is 0.444 e. The Labute approximate surface area is 159 Å². The first-order valence-electron chi connectivity index (χ1n) is 10.6. The van der Waals surface area contributed by atoms with Gasteiger partial charge in [0.15, 0.2) is 0 Å². The van der Waals surface area contributed by atoms with Gasteiger partial charge in [-0.15, -0.1) is 0 Å². The predicted octanol–water partition coefficient (Wildman–Crippen LogP) is 3.49. The van der Waals surface area contributed by atoms with Gasteiger partial charge >= 0.3 is 6.09 Å². The highest BCUT2D eigenvalue weighted by Gasteiger charge is 2.42. The summed E-state index contributed by atoms with van der Waals surface area (Å²) in [4.78, 5) is 16.1. The van der Waals surface area contributed by atoms with E-state index in [-0.39, 0.29) is 11.7 Å². The van der Waals surface area contributed by atoms with Crippen LogP contribution in [0.15, 0.2) is 0 Å². The van der Waals surface area contributed by atoms with Crippen molar-refractivity contribution in [3.8, 4) is 0 Å². The molecule has 5 nitrogen and oxygen atoms in total. The molecule has 26 heavy (non-hydrogen) atoms. The molecule has 150 valence electrons. The monoisotopic (exact) mass is 365 g/mol. The van der Waals surface area contributed by atoms with Gasteiger partial charge in [-0.2, -0.15) is 0 Å². The zero-order chi connectivity index (χ0) is 18.8. The maximum Gasteiger partial charge on any atom is 0.410 e. The molecule has 4 rings (SSSR count). The van der Waals surface area contributed by atoms with Crippen molar-refractivity contribution in [1.29, 1.82) is 0 Å². The van der Waals surface area contributed by atoms with Crippen LogP contribution in [-0.4, -0.2) is 67.8 Å². The molecule has 0 aromatic carbocycles. The Bertz CT molecular complexity index is 464. The lowest BCUT2D eigenvalue weighted by Gasteiger charge is -2.51. The van der Waals surface area contributed by atoms with Crippen LogP contribution in [0.5, 0.6) is 0 Å². The minimum atomic E-state index is -0.385. The maximum atomic E-state index is 11.8. The Kier molecular flexibility index (Phi) is 5.88. The molecule has 1 aliphatic carbocycles. The summed E-state index contributed by atoms with van der Waals surface area (Å²) in [6.45, 7) is 12.4. The normalized spacial score (nSPS) is 27.2. The number of nitrogens with zero attached hydrogens (tertiary/aromatic N) is 2. The molecule has 0 radical (unpaired) electrons. The Morgan fingerprint density at radius 3 is 1.92 bits per heavy atom. The fourth-order valence-corrected chi connectivity index (χ4v) is 5.04. The first-order chi connectivity index (χ1) is 12.2. The fraction of sp³-hybridized carbons (Fsp3) is 0.952. The minimum absolute atomic E-state index is 0.158. The van der Waals surface area contributed by atoms with Crippen molar-refractivity contribution in [2.45, 2.75) is 71.3 Å². The number of rotatable bonds is 0. The zero-order valence-corrected chi connectivity index (χ0v) is 17.4. The highest BCUT2D eigenvalue weighted by atomic mass is 16.6. The molecule has 1 N–H and O–H groups in total. The van der Waals surface area contributed by atoms with Crippen molar-refractivity contribution in [2.75, 3.05) is 46.3 Å². The Morgan fingerprint density at radius 2 is 1.50 bits per heavy atom. The molecule has 1 saturated carbocycles. The van der Waals surface area contributed by atoms with Gasteiger partial charge in [0.25, 0.3) is 0 Å². The number of likely N-dealkylation sites (tertiary alicyclic amines) is 2. The lowest BCUT2D eigenvalue weighted by Crippen LogP contribution is -2.59. The van der Waals surface area contributed by atoms with Crippen molar-refractivity contribution in [3.05, 3.63) is 0 Å². The molecule has 5 heteroatoms. The summed E-state index contributed by atoms with van der Waals surface area (Å²) < 4.78 is 5.37. The number of nitrogens with one attached hydrogen (secondary N) is 1. The molecule has 3 heterocycles. The Morgan fingerprint density at radius 1 is 0.923 bits per heavy atom. The van der Waals surface area contributed by atoms with Gasteiger partial charge in [-0.1, -0.05) is 19.3 Å². The van der Waals surface area contributed by atoms with Crippen LogP contribution in [0.2, 0.25) is 0 Å². The van der Waals surface area contributed by atoms with Gasteiger partial charge < -0.3 is 19.9 Å². The first-order valence-corrected chi connectivity index (χ1v) is 10.6. The Hall–Kier alpha value is -0.810. The number of amides is 1. The van der Waals surface area contributed by atoms with Crippen LogP contribution >= 0.6 is 0 Å². The van der Waals surface area contributed by atoms with Gasteiger partial charge in [0.2, 0.25) is 0 Å². The second-order valence-electron chi connectivity index (χ2n) is 10.3. The molecule has 4 fully saturated rings. The second kappa shape index (κ2) is 7.67. The average Bonchev–Trinajstić information content (AvgIpc) is 2.52. The number of carbonyl (C=O) groups is 1. The van der Waals surface area contributed by atoms with Crippen LogP contribution in [0.4, 0.5) is 4.79 Å². The van der Waals surface area contributed by atoms with E-state index in [2.05, 4.69) is 17.3 Å². The smallest absolute Gasteiger partial charge is 0.410 e. The van der Waals surface area contributed by atoms with Crippen LogP contribution in [0.1, 0.15) is 65.7 Å². The number of ether oxygens (including phenoxy) is 1. The average molecular weight is 366 g/mol. The van der Waals surface area contributed by atoms with E-state index in [1.807, 2.05) is 25.7 Å². The van der Waals surface area contributed by atoms with Crippen molar-refractivity contribution in [3.63, 3.8) is 0 Å². The van der Waals surface area contributed by atoms with Crippen LogP contribution in [-0.2, 0) is 4.74 Å². The van der Waals surface area contributed by atoms with E-state index >= 15 is 0 Å². The molecule has 0 bridgehead atoms. The van der Waals surface area contributed by atoms with Gasteiger partial charge in [-0.25, -0.2) is 4.79 Å². The third kappa shape index (κ3) is 4.92. The molecule has 4 aliphatic rings. The first kappa shape index (κ1) is 19.9. The lowest BCUT2D eigenvalue weighted by atomic mass is 9.69. The van der Waals surface area contributed by atoms with Crippen molar-refractivity contribution >= 4 is 6.09 Å². The molecule has 2 spiro atoms. The SMILES string of the molecule is CC(C)(C)OC(=O)N1CCC2(CC1)CNC2.CN1CC2(CCCCC2)C1. The molecule has 0 aromatic rings.